The standard InChI is InChI=1S/C10H14N4OS/c1-10(2,3)7(15)13-9(16)14-8-11-5-4-6-12-8/h4-6H,1-3H3,(H2,11,12,13,14,15,16). The summed E-state index contributed by atoms with van der Waals surface area (Å²) in [5.41, 5.74) is -0.483. The van der Waals surface area contributed by atoms with E-state index in [-0.39, 0.29) is 11.0 Å². The lowest BCUT2D eigenvalue weighted by atomic mass is 9.96. The molecular formula is C10H14N4OS. The molecule has 1 aromatic rings. The molecule has 0 aliphatic rings. The van der Waals surface area contributed by atoms with E-state index in [0.29, 0.717) is 5.95 Å². The van der Waals surface area contributed by atoms with E-state index in [0.717, 1.165) is 0 Å². The maximum Gasteiger partial charge on any atom is 0.231 e. The van der Waals surface area contributed by atoms with Gasteiger partial charge in [-0.05, 0) is 18.3 Å². The van der Waals surface area contributed by atoms with E-state index in [9.17, 15) is 4.79 Å². The van der Waals surface area contributed by atoms with Crippen LogP contribution in [0, 0.1) is 5.41 Å². The third kappa shape index (κ3) is 3.90. The molecule has 0 aliphatic heterocycles. The zero-order valence-electron chi connectivity index (χ0n) is 9.44. The molecule has 0 radical (unpaired) electrons. The second-order valence-corrected chi connectivity index (χ2v) is 4.64. The van der Waals surface area contributed by atoms with Crippen molar-refractivity contribution in [1.82, 2.24) is 15.3 Å². The van der Waals surface area contributed by atoms with Gasteiger partial charge in [0, 0.05) is 17.8 Å². The van der Waals surface area contributed by atoms with E-state index in [1.807, 2.05) is 20.8 Å². The SMILES string of the molecule is CC(C)(C)C(=O)NC(=S)Nc1ncccn1. The number of carbonyl (C=O) groups excluding carboxylic acids is 1. The van der Waals surface area contributed by atoms with Gasteiger partial charge in [0.1, 0.15) is 0 Å². The molecule has 16 heavy (non-hydrogen) atoms. The molecule has 1 heterocycles. The van der Waals surface area contributed by atoms with Crippen LogP contribution in [0.5, 0.6) is 0 Å². The molecule has 0 saturated heterocycles. The molecule has 1 aromatic heterocycles. The summed E-state index contributed by atoms with van der Waals surface area (Å²) in [7, 11) is 0. The Balaban J connectivity index is 2.52. The fraction of sp³-hybridized carbons (Fsp3) is 0.400. The van der Waals surface area contributed by atoms with Crippen molar-refractivity contribution < 1.29 is 4.79 Å². The smallest absolute Gasteiger partial charge is 0.231 e. The van der Waals surface area contributed by atoms with Gasteiger partial charge >= 0.3 is 0 Å². The minimum absolute atomic E-state index is 0.152. The highest BCUT2D eigenvalue weighted by Crippen LogP contribution is 2.12. The van der Waals surface area contributed by atoms with Crippen molar-refractivity contribution in [1.29, 1.82) is 0 Å². The second-order valence-electron chi connectivity index (χ2n) is 4.23. The van der Waals surface area contributed by atoms with Gasteiger partial charge in [0.2, 0.25) is 11.9 Å². The number of nitrogens with one attached hydrogen (secondary N) is 2. The summed E-state index contributed by atoms with van der Waals surface area (Å²) < 4.78 is 0. The van der Waals surface area contributed by atoms with Crippen LogP contribution in [0.3, 0.4) is 0 Å². The van der Waals surface area contributed by atoms with Gasteiger partial charge in [0.05, 0.1) is 0 Å². The average molecular weight is 238 g/mol. The summed E-state index contributed by atoms with van der Waals surface area (Å²) in [6.07, 6.45) is 3.17. The maximum absolute atomic E-state index is 11.6. The number of thiocarbonyl (C=S) groups is 1. The van der Waals surface area contributed by atoms with Gasteiger partial charge in [-0.25, -0.2) is 9.97 Å². The molecule has 0 unspecified atom stereocenters. The van der Waals surface area contributed by atoms with E-state index in [1.165, 1.54) is 0 Å². The molecule has 2 N–H and O–H groups in total. The van der Waals surface area contributed by atoms with Gasteiger partial charge in [-0.3, -0.25) is 4.79 Å². The van der Waals surface area contributed by atoms with Gasteiger partial charge in [-0.15, -0.1) is 0 Å². The molecule has 6 heteroatoms. The van der Waals surface area contributed by atoms with E-state index in [4.69, 9.17) is 12.2 Å². The number of amides is 1. The molecule has 0 fully saturated rings. The summed E-state index contributed by atoms with van der Waals surface area (Å²) >= 11 is 4.96. The summed E-state index contributed by atoms with van der Waals surface area (Å²) in [5, 5.41) is 5.49. The molecule has 1 amide bonds. The quantitative estimate of drug-likeness (QED) is 0.723. The molecule has 0 spiro atoms. The van der Waals surface area contributed by atoms with Crippen molar-refractivity contribution in [3.05, 3.63) is 18.5 Å². The molecule has 1 rings (SSSR count). The van der Waals surface area contributed by atoms with Gasteiger partial charge in [0.15, 0.2) is 5.11 Å². The Kier molecular flexibility index (Phi) is 3.89. The monoisotopic (exact) mass is 238 g/mol. The average Bonchev–Trinajstić information content (AvgIpc) is 2.17. The minimum atomic E-state index is -0.483. The van der Waals surface area contributed by atoms with Crippen LogP contribution in [0.15, 0.2) is 18.5 Å². The molecule has 0 bridgehead atoms. The van der Waals surface area contributed by atoms with Gasteiger partial charge in [-0.2, -0.15) is 0 Å². The lowest BCUT2D eigenvalue weighted by molar-refractivity contribution is -0.126. The Morgan fingerprint density at radius 2 is 1.88 bits per heavy atom. The Labute approximate surface area is 99.7 Å². The van der Waals surface area contributed by atoms with Crippen molar-refractivity contribution in [2.45, 2.75) is 20.8 Å². The lowest BCUT2D eigenvalue weighted by Crippen LogP contribution is -2.41. The van der Waals surface area contributed by atoms with Crippen molar-refractivity contribution in [2.75, 3.05) is 5.32 Å². The Morgan fingerprint density at radius 1 is 1.31 bits per heavy atom. The first kappa shape index (κ1) is 12.5. The van der Waals surface area contributed by atoms with Gasteiger partial charge in [0.25, 0.3) is 0 Å². The van der Waals surface area contributed by atoms with Crippen LogP contribution in [0.4, 0.5) is 5.95 Å². The number of aromatic nitrogens is 2. The van der Waals surface area contributed by atoms with Crippen LogP contribution in [-0.4, -0.2) is 21.0 Å². The first-order valence-corrected chi connectivity index (χ1v) is 5.20. The highest BCUT2D eigenvalue weighted by atomic mass is 32.1. The van der Waals surface area contributed by atoms with Crippen molar-refractivity contribution in [3.8, 4) is 0 Å². The zero-order valence-corrected chi connectivity index (χ0v) is 10.3. The molecular weight excluding hydrogens is 224 g/mol. The minimum Gasteiger partial charge on any atom is -0.302 e. The summed E-state index contributed by atoms with van der Waals surface area (Å²) in [6, 6.07) is 1.70. The number of hydrogen-bond acceptors (Lipinski definition) is 4. The normalized spacial score (nSPS) is 10.7. The third-order valence-electron chi connectivity index (χ3n) is 1.70. The maximum atomic E-state index is 11.6. The lowest BCUT2D eigenvalue weighted by Gasteiger charge is -2.17. The second kappa shape index (κ2) is 4.98. The predicted octanol–water partition coefficient (Wildman–Crippen LogP) is 1.34. The van der Waals surface area contributed by atoms with Crippen molar-refractivity contribution >= 4 is 29.2 Å². The van der Waals surface area contributed by atoms with Crippen LogP contribution in [0.2, 0.25) is 0 Å². The van der Waals surface area contributed by atoms with Crippen LogP contribution < -0.4 is 10.6 Å². The fourth-order valence-corrected chi connectivity index (χ4v) is 0.971. The third-order valence-corrected chi connectivity index (χ3v) is 1.90. The Bertz CT molecular complexity index is 386. The van der Waals surface area contributed by atoms with Crippen LogP contribution in [0.25, 0.3) is 0 Å². The van der Waals surface area contributed by atoms with Gasteiger partial charge < -0.3 is 10.6 Å². The first-order valence-electron chi connectivity index (χ1n) is 4.79. The highest BCUT2D eigenvalue weighted by Gasteiger charge is 2.21. The Morgan fingerprint density at radius 3 is 2.38 bits per heavy atom. The topological polar surface area (TPSA) is 66.9 Å². The summed E-state index contributed by atoms with van der Waals surface area (Å²) in [4.78, 5) is 19.4. The highest BCUT2D eigenvalue weighted by molar-refractivity contribution is 7.80. The fourth-order valence-electron chi connectivity index (χ4n) is 0.787. The summed E-state index contributed by atoms with van der Waals surface area (Å²) in [6.45, 7) is 5.43. The Hall–Kier alpha value is -1.56. The molecule has 0 aliphatic carbocycles. The molecule has 0 saturated carbocycles. The van der Waals surface area contributed by atoms with E-state index in [2.05, 4.69) is 20.6 Å². The largest absolute Gasteiger partial charge is 0.302 e. The number of nitrogens with zero attached hydrogens (tertiary/aromatic N) is 2. The number of rotatable bonds is 1. The molecule has 0 atom stereocenters. The van der Waals surface area contributed by atoms with E-state index < -0.39 is 5.41 Å². The van der Waals surface area contributed by atoms with Crippen molar-refractivity contribution in [2.24, 2.45) is 5.41 Å². The number of hydrogen-bond donors (Lipinski definition) is 2. The van der Waals surface area contributed by atoms with Crippen LogP contribution in [0.1, 0.15) is 20.8 Å². The molecule has 0 aromatic carbocycles. The first-order chi connectivity index (χ1) is 7.39. The molecule has 5 nitrogen and oxygen atoms in total. The summed E-state index contributed by atoms with van der Waals surface area (Å²) in [5.74, 6) is 0.211. The van der Waals surface area contributed by atoms with Crippen LogP contribution in [-0.2, 0) is 4.79 Å². The van der Waals surface area contributed by atoms with E-state index >= 15 is 0 Å². The van der Waals surface area contributed by atoms with E-state index in [1.54, 1.807) is 18.5 Å². The number of carbonyl (C=O) groups is 1. The predicted molar refractivity (Wildman–Crippen MR) is 65.9 cm³/mol. The van der Waals surface area contributed by atoms with Crippen LogP contribution >= 0.6 is 12.2 Å². The number of anilines is 1. The molecule has 86 valence electrons. The van der Waals surface area contributed by atoms with Gasteiger partial charge in [-0.1, -0.05) is 20.8 Å². The van der Waals surface area contributed by atoms with Crippen molar-refractivity contribution in [3.63, 3.8) is 0 Å². The zero-order chi connectivity index (χ0) is 12.2.